The molecule has 0 saturated heterocycles. The number of carbonyl (C=O) groups excluding carboxylic acids is 1. The van der Waals surface area contributed by atoms with E-state index in [0.29, 0.717) is 22.5 Å². The number of aliphatic imine (C=N–C) groups is 1. The number of anilines is 1. The number of aromatic nitrogens is 2. The van der Waals surface area contributed by atoms with Gasteiger partial charge in [-0.3, -0.25) is 4.79 Å². The van der Waals surface area contributed by atoms with Crippen LogP contribution in [-0.2, 0) is 4.79 Å². The van der Waals surface area contributed by atoms with Gasteiger partial charge in [0.05, 0.1) is 11.4 Å². The SMILES string of the molecule is O=C1Nc2ccccc2C1=Nc1ccccc1Sc1nnc(-c2ccccc2)o1. The Kier molecular flexibility index (Phi) is 4.42. The Morgan fingerprint density at radius 3 is 2.52 bits per heavy atom. The third-order valence-electron chi connectivity index (χ3n) is 4.37. The topological polar surface area (TPSA) is 80.4 Å². The highest BCUT2D eigenvalue weighted by Gasteiger charge is 2.25. The van der Waals surface area contributed by atoms with Crippen LogP contribution in [0, 0.1) is 0 Å². The van der Waals surface area contributed by atoms with E-state index in [1.807, 2.05) is 78.9 Å². The molecule has 4 aromatic rings. The maximum atomic E-state index is 12.4. The maximum absolute atomic E-state index is 12.4. The number of rotatable bonds is 4. The number of carbonyl (C=O) groups is 1. The van der Waals surface area contributed by atoms with Crippen LogP contribution in [0.1, 0.15) is 5.56 Å². The molecular weight excluding hydrogens is 384 g/mol. The van der Waals surface area contributed by atoms with Gasteiger partial charge in [-0.05, 0) is 42.1 Å². The summed E-state index contributed by atoms with van der Waals surface area (Å²) in [6.45, 7) is 0. The van der Waals surface area contributed by atoms with Crippen LogP contribution in [0.3, 0.4) is 0 Å². The van der Waals surface area contributed by atoms with Crippen molar-refractivity contribution >= 4 is 34.8 Å². The Hall–Kier alpha value is -3.71. The minimum atomic E-state index is -0.213. The number of nitrogens with zero attached hydrogens (tertiary/aromatic N) is 3. The number of amides is 1. The summed E-state index contributed by atoms with van der Waals surface area (Å²) in [4.78, 5) is 17.8. The Morgan fingerprint density at radius 2 is 1.62 bits per heavy atom. The Bertz CT molecular complexity index is 1230. The van der Waals surface area contributed by atoms with Crippen LogP contribution in [0.5, 0.6) is 0 Å². The Morgan fingerprint density at radius 1 is 0.862 bits per heavy atom. The highest BCUT2D eigenvalue weighted by molar-refractivity contribution is 7.99. The number of benzene rings is 3. The van der Waals surface area contributed by atoms with Crippen LogP contribution < -0.4 is 5.32 Å². The van der Waals surface area contributed by atoms with Crippen molar-refractivity contribution in [2.75, 3.05) is 5.32 Å². The zero-order valence-corrected chi connectivity index (χ0v) is 15.9. The number of fused-ring (bicyclic) bond motifs is 1. The van der Waals surface area contributed by atoms with Gasteiger partial charge in [-0.1, -0.05) is 48.5 Å². The summed E-state index contributed by atoms with van der Waals surface area (Å²) in [5, 5.41) is 11.5. The highest BCUT2D eigenvalue weighted by atomic mass is 32.2. The molecule has 2 heterocycles. The molecular formula is C22H14N4O2S. The molecule has 1 aliphatic rings. The van der Waals surface area contributed by atoms with Gasteiger partial charge in [-0.25, -0.2) is 4.99 Å². The standard InChI is InChI=1S/C22H14N4O2S/c27-20-19(15-10-4-5-11-16(15)24-20)23-17-12-6-7-13-18(17)29-22-26-25-21(28-22)14-8-2-1-3-9-14/h1-13H,(H,23,24,27). The van der Waals surface area contributed by atoms with Crippen molar-refractivity contribution in [1.82, 2.24) is 10.2 Å². The molecule has 29 heavy (non-hydrogen) atoms. The molecule has 5 rings (SSSR count). The molecule has 0 spiro atoms. The summed E-state index contributed by atoms with van der Waals surface area (Å²) >= 11 is 1.32. The van der Waals surface area contributed by atoms with E-state index in [0.717, 1.165) is 21.7 Å². The summed E-state index contributed by atoms with van der Waals surface area (Å²) in [5.41, 5.74) is 3.48. The van der Waals surface area contributed by atoms with E-state index in [1.54, 1.807) is 0 Å². The number of hydrogen-bond acceptors (Lipinski definition) is 6. The van der Waals surface area contributed by atoms with Crippen LogP contribution in [0.25, 0.3) is 11.5 Å². The summed E-state index contributed by atoms with van der Waals surface area (Å²) < 4.78 is 5.79. The molecule has 6 nitrogen and oxygen atoms in total. The molecule has 0 atom stereocenters. The lowest BCUT2D eigenvalue weighted by atomic mass is 10.1. The average Bonchev–Trinajstić information content (AvgIpc) is 3.35. The lowest BCUT2D eigenvalue weighted by Gasteiger charge is -2.03. The number of nitrogens with one attached hydrogen (secondary N) is 1. The lowest BCUT2D eigenvalue weighted by Crippen LogP contribution is -2.13. The number of hydrogen-bond donors (Lipinski definition) is 1. The summed E-state index contributed by atoms with van der Waals surface area (Å²) in [6.07, 6.45) is 0. The van der Waals surface area contributed by atoms with Crippen molar-refractivity contribution in [3.05, 3.63) is 84.4 Å². The molecule has 140 valence electrons. The largest absolute Gasteiger partial charge is 0.411 e. The predicted molar refractivity (Wildman–Crippen MR) is 112 cm³/mol. The first kappa shape index (κ1) is 17.4. The smallest absolute Gasteiger partial charge is 0.281 e. The fraction of sp³-hybridized carbons (Fsp3) is 0. The molecule has 0 aliphatic carbocycles. The van der Waals surface area contributed by atoms with Crippen molar-refractivity contribution in [3.8, 4) is 11.5 Å². The molecule has 1 N–H and O–H groups in total. The maximum Gasteiger partial charge on any atom is 0.281 e. The van der Waals surface area contributed by atoms with E-state index >= 15 is 0 Å². The van der Waals surface area contributed by atoms with Crippen molar-refractivity contribution in [3.63, 3.8) is 0 Å². The molecule has 7 heteroatoms. The molecule has 0 saturated carbocycles. The first-order chi connectivity index (χ1) is 14.3. The monoisotopic (exact) mass is 398 g/mol. The number of para-hydroxylation sites is 2. The molecule has 0 unspecified atom stereocenters. The van der Waals surface area contributed by atoms with Gasteiger partial charge in [0, 0.05) is 16.0 Å². The van der Waals surface area contributed by atoms with Gasteiger partial charge in [0.1, 0.15) is 5.71 Å². The van der Waals surface area contributed by atoms with Crippen molar-refractivity contribution in [1.29, 1.82) is 0 Å². The van der Waals surface area contributed by atoms with Crippen LogP contribution >= 0.6 is 11.8 Å². The van der Waals surface area contributed by atoms with Gasteiger partial charge in [-0.2, -0.15) is 0 Å². The zero-order chi connectivity index (χ0) is 19.6. The molecule has 1 amide bonds. The average molecular weight is 398 g/mol. The second kappa shape index (κ2) is 7.37. The van der Waals surface area contributed by atoms with E-state index in [1.165, 1.54) is 11.8 Å². The fourth-order valence-electron chi connectivity index (χ4n) is 3.01. The van der Waals surface area contributed by atoms with E-state index in [4.69, 9.17) is 4.42 Å². The van der Waals surface area contributed by atoms with Crippen molar-refractivity contribution in [2.24, 2.45) is 4.99 Å². The molecule has 0 fully saturated rings. The lowest BCUT2D eigenvalue weighted by molar-refractivity contribution is -0.110. The second-order valence-electron chi connectivity index (χ2n) is 6.27. The molecule has 0 bridgehead atoms. The van der Waals surface area contributed by atoms with Gasteiger partial charge < -0.3 is 9.73 Å². The molecule has 0 radical (unpaired) electrons. The van der Waals surface area contributed by atoms with Crippen LogP contribution in [0.4, 0.5) is 11.4 Å². The van der Waals surface area contributed by atoms with Gasteiger partial charge in [-0.15, -0.1) is 10.2 Å². The molecule has 1 aliphatic heterocycles. The fourth-order valence-corrected chi connectivity index (χ4v) is 3.77. The highest BCUT2D eigenvalue weighted by Crippen LogP contribution is 2.36. The van der Waals surface area contributed by atoms with Crippen LogP contribution in [0.2, 0.25) is 0 Å². The molecule has 3 aromatic carbocycles. The zero-order valence-electron chi connectivity index (χ0n) is 15.1. The Balaban J connectivity index is 1.47. The minimum Gasteiger partial charge on any atom is -0.411 e. The first-order valence-corrected chi connectivity index (χ1v) is 9.75. The summed E-state index contributed by atoms with van der Waals surface area (Å²) in [6, 6.07) is 24.7. The van der Waals surface area contributed by atoms with E-state index < -0.39 is 0 Å². The Labute approximate surface area is 170 Å². The van der Waals surface area contributed by atoms with E-state index in [-0.39, 0.29) is 5.91 Å². The van der Waals surface area contributed by atoms with Gasteiger partial charge in [0.25, 0.3) is 11.1 Å². The second-order valence-corrected chi connectivity index (χ2v) is 7.26. The van der Waals surface area contributed by atoms with Gasteiger partial charge >= 0.3 is 0 Å². The van der Waals surface area contributed by atoms with Crippen LogP contribution in [-0.4, -0.2) is 21.8 Å². The van der Waals surface area contributed by atoms with Crippen LogP contribution in [0.15, 0.2) is 98.4 Å². The van der Waals surface area contributed by atoms with Gasteiger partial charge in [0.15, 0.2) is 0 Å². The van der Waals surface area contributed by atoms with Gasteiger partial charge in [0.2, 0.25) is 5.89 Å². The third kappa shape index (κ3) is 3.43. The van der Waals surface area contributed by atoms with E-state index in [2.05, 4.69) is 20.5 Å². The predicted octanol–water partition coefficient (Wildman–Crippen LogP) is 4.96. The molecule has 1 aromatic heterocycles. The third-order valence-corrected chi connectivity index (χ3v) is 5.27. The summed E-state index contributed by atoms with van der Waals surface area (Å²) in [5.74, 6) is 0.246. The van der Waals surface area contributed by atoms with Crippen molar-refractivity contribution < 1.29 is 9.21 Å². The normalized spacial score (nSPS) is 14.1. The van der Waals surface area contributed by atoms with E-state index in [9.17, 15) is 4.79 Å². The minimum absolute atomic E-state index is 0.213. The first-order valence-electron chi connectivity index (χ1n) is 8.93. The quantitative estimate of drug-likeness (QED) is 0.525. The van der Waals surface area contributed by atoms with Crippen molar-refractivity contribution in [2.45, 2.75) is 10.1 Å². The summed E-state index contributed by atoms with van der Waals surface area (Å²) in [7, 11) is 0.